The maximum absolute atomic E-state index is 13.6. The number of nitrogens with one attached hydrogen (secondary N) is 1. The van der Waals surface area contributed by atoms with Gasteiger partial charge in [-0.15, -0.1) is 0 Å². The number of aromatic hydroxyl groups is 1. The first-order valence-corrected chi connectivity index (χ1v) is 6.76. The van der Waals surface area contributed by atoms with Crippen LogP contribution in [0.4, 0.5) is 22.0 Å². The highest BCUT2D eigenvalue weighted by Gasteiger charge is 2.34. The van der Waals surface area contributed by atoms with Crippen molar-refractivity contribution in [2.75, 3.05) is 0 Å². The molecule has 2 aromatic carbocycles. The van der Waals surface area contributed by atoms with Crippen LogP contribution in [0.1, 0.15) is 34.5 Å². The van der Waals surface area contributed by atoms with Crippen LogP contribution in [-0.2, 0) is 6.18 Å². The largest absolute Gasteiger partial charge is 0.507 e. The van der Waals surface area contributed by atoms with Gasteiger partial charge in [-0.05, 0) is 18.6 Å². The standard InChI is InChI=1S/C16H12F5NO2/c1-8(10-4-2-3-5-11(10)16(19,20)21)22-15(24)14-12(18)6-9(17)7-13(14)23/h2-8,23H,1H3,(H,22,24)/t8-/m1/s1. The fourth-order valence-electron chi connectivity index (χ4n) is 2.26. The van der Waals surface area contributed by atoms with E-state index < -0.39 is 46.6 Å². The summed E-state index contributed by atoms with van der Waals surface area (Å²) < 4.78 is 65.5. The first-order valence-electron chi connectivity index (χ1n) is 6.76. The topological polar surface area (TPSA) is 49.3 Å². The molecule has 0 unspecified atom stereocenters. The Morgan fingerprint density at radius 2 is 1.79 bits per heavy atom. The van der Waals surface area contributed by atoms with E-state index in [0.29, 0.717) is 12.1 Å². The normalized spacial score (nSPS) is 12.8. The second-order valence-corrected chi connectivity index (χ2v) is 5.06. The maximum Gasteiger partial charge on any atom is 0.416 e. The number of amides is 1. The summed E-state index contributed by atoms with van der Waals surface area (Å²) in [7, 11) is 0. The zero-order valence-corrected chi connectivity index (χ0v) is 12.3. The van der Waals surface area contributed by atoms with E-state index in [9.17, 15) is 31.9 Å². The molecule has 8 heteroatoms. The number of carbonyl (C=O) groups is 1. The molecule has 2 rings (SSSR count). The van der Waals surface area contributed by atoms with E-state index >= 15 is 0 Å². The van der Waals surface area contributed by atoms with Crippen molar-refractivity contribution in [2.45, 2.75) is 19.1 Å². The second-order valence-electron chi connectivity index (χ2n) is 5.06. The van der Waals surface area contributed by atoms with Gasteiger partial charge >= 0.3 is 6.18 Å². The molecule has 3 nitrogen and oxygen atoms in total. The zero-order chi connectivity index (χ0) is 18.1. The smallest absolute Gasteiger partial charge is 0.416 e. The maximum atomic E-state index is 13.6. The van der Waals surface area contributed by atoms with Gasteiger partial charge < -0.3 is 10.4 Å². The van der Waals surface area contributed by atoms with Crippen molar-refractivity contribution in [2.24, 2.45) is 0 Å². The van der Waals surface area contributed by atoms with Crippen molar-refractivity contribution in [1.82, 2.24) is 5.32 Å². The SMILES string of the molecule is C[C@@H](NC(=O)c1c(O)cc(F)cc1F)c1ccccc1C(F)(F)F. The van der Waals surface area contributed by atoms with Gasteiger partial charge in [-0.2, -0.15) is 13.2 Å². The molecule has 1 amide bonds. The lowest BCUT2D eigenvalue weighted by atomic mass is 10.0. The van der Waals surface area contributed by atoms with Crippen LogP contribution in [-0.4, -0.2) is 11.0 Å². The van der Waals surface area contributed by atoms with E-state index in [1.165, 1.54) is 25.1 Å². The summed E-state index contributed by atoms with van der Waals surface area (Å²) in [4.78, 5) is 12.0. The molecule has 0 bridgehead atoms. The van der Waals surface area contributed by atoms with Gasteiger partial charge in [0.1, 0.15) is 22.9 Å². The molecule has 2 aromatic rings. The third kappa shape index (κ3) is 3.64. The summed E-state index contributed by atoms with van der Waals surface area (Å²) in [6.45, 7) is 1.28. The molecule has 128 valence electrons. The Morgan fingerprint density at radius 3 is 2.38 bits per heavy atom. The van der Waals surface area contributed by atoms with Crippen molar-refractivity contribution < 1.29 is 31.9 Å². The first-order chi connectivity index (χ1) is 11.1. The molecule has 0 saturated carbocycles. The van der Waals surface area contributed by atoms with Crippen molar-refractivity contribution in [3.8, 4) is 5.75 Å². The second kappa shape index (κ2) is 6.46. The van der Waals surface area contributed by atoms with Crippen LogP contribution in [0, 0.1) is 11.6 Å². The van der Waals surface area contributed by atoms with E-state index in [0.717, 1.165) is 6.07 Å². The average Bonchev–Trinajstić information content (AvgIpc) is 2.45. The average molecular weight is 345 g/mol. The Labute approximate surface area is 133 Å². The van der Waals surface area contributed by atoms with E-state index in [4.69, 9.17) is 0 Å². The zero-order valence-electron chi connectivity index (χ0n) is 12.3. The predicted molar refractivity (Wildman–Crippen MR) is 75.3 cm³/mol. The third-order valence-electron chi connectivity index (χ3n) is 3.34. The third-order valence-corrected chi connectivity index (χ3v) is 3.34. The van der Waals surface area contributed by atoms with Gasteiger partial charge in [0.2, 0.25) is 0 Å². The monoisotopic (exact) mass is 345 g/mol. The summed E-state index contributed by atoms with van der Waals surface area (Å²) in [6.07, 6.45) is -4.63. The minimum Gasteiger partial charge on any atom is -0.507 e. The van der Waals surface area contributed by atoms with Crippen molar-refractivity contribution in [3.05, 3.63) is 64.7 Å². The number of benzene rings is 2. The predicted octanol–water partition coefficient (Wildman–Crippen LogP) is 4.18. The van der Waals surface area contributed by atoms with Crippen LogP contribution in [0.3, 0.4) is 0 Å². The van der Waals surface area contributed by atoms with E-state index in [2.05, 4.69) is 5.32 Å². The molecular formula is C16H12F5NO2. The van der Waals surface area contributed by atoms with Crippen LogP contribution in [0.5, 0.6) is 5.75 Å². The van der Waals surface area contributed by atoms with Crippen molar-refractivity contribution >= 4 is 5.91 Å². The lowest BCUT2D eigenvalue weighted by molar-refractivity contribution is -0.138. The lowest BCUT2D eigenvalue weighted by Crippen LogP contribution is -2.29. The van der Waals surface area contributed by atoms with Crippen molar-refractivity contribution in [1.29, 1.82) is 0 Å². The van der Waals surface area contributed by atoms with Crippen LogP contribution in [0.2, 0.25) is 0 Å². The van der Waals surface area contributed by atoms with Gasteiger partial charge in [0, 0.05) is 12.1 Å². The highest BCUT2D eigenvalue weighted by Crippen LogP contribution is 2.34. The number of hydrogen-bond acceptors (Lipinski definition) is 2. The van der Waals surface area contributed by atoms with E-state index in [1.807, 2.05) is 0 Å². The highest BCUT2D eigenvalue weighted by molar-refractivity contribution is 5.97. The highest BCUT2D eigenvalue weighted by atomic mass is 19.4. The minimum absolute atomic E-state index is 0.222. The quantitative estimate of drug-likeness (QED) is 0.820. The Kier molecular flexibility index (Phi) is 4.77. The van der Waals surface area contributed by atoms with E-state index in [1.54, 1.807) is 0 Å². The molecule has 24 heavy (non-hydrogen) atoms. The number of phenols is 1. The molecule has 0 heterocycles. The fourth-order valence-corrected chi connectivity index (χ4v) is 2.26. The van der Waals surface area contributed by atoms with Crippen LogP contribution in [0.25, 0.3) is 0 Å². The van der Waals surface area contributed by atoms with E-state index in [-0.39, 0.29) is 5.56 Å². The Hall–Kier alpha value is -2.64. The molecule has 0 aliphatic carbocycles. The molecule has 0 aliphatic heterocycles. The number of phenolic OH excluding ortho intramolecular Hbond substituents is 1. The van der Waals surface area contributed by atoms with Gasteiger partial charge in [0.15, 0.2) is 0 Å². The van der Waals surface area contributed by atoms with Gasteiger partial charge in [0.05, 0.1) is 11.6 Å². The molecule has 0 fully saturated rings. The fraction of sp³-hybridized carbons (Fsp3) is 0.188. The molecule has 0 spiro atoms. The van der Waals surface area contributed by atoms with Gasteiger partial charge in [-0.3, -0.25) is 4.79 Å². The Bertz CT molecular complexity index is 750. The number of carbonyl (C=O) groups excluding carboxylic acids is 1. The minimum atomic E-state index is -4.63. The summed E-state index contributed by atoms with van der Waals surface area (Å²) in [6, 6.07) is 4.40. The summed E-state index contributed by atoms with van der Waals surface area (Å²) in [5.41, 5.74) is -2.00. The van der Waals surface area contributed by atoms with Gasteiger partial charge in [-0.25, -0.2) is 8.78 Å². The van der Waals surface area contributed by atoms with Crippen LogP contribution in [0.15, 0.2) is 36.4 Å². The molecule has 0 aliphatic rings. The molecule has 0 radical (unpaired) electrons. The molecule has 1 atom stereocenters. The molecule has 2 N–H and O–H groups in total. The number of alkyl halides is 3. The molecule has 0 saturated heterocycles. The Balaban J connectivity index is 2.31. The molecule has 0 aromatic heterocycles. The van der Waals surface area contributed by atoms with Crippen LogP contribution < -0.4 is 5.32 Å². The number of halogens is 5. The number of rotatable bonds is 3. The summed E-state index contributed by atoms with van der Waals surface area (Å²) in [5.74, 6) is -4.51. The van der Waals surface area contributed by atoms with Gasteiger partial charge in [-0.1, -0.05) is 18.2 Å². The first kappa shape index (κ1) is 17.7. The van der Waals surface area contributed by atoms with Crippen molar-refractivity contribution in [3.63, 3.8) is 0 Å². The number of hydrogen-bond donors (Lipinski definition) is 2. The van der Waals surface area contributed by atoms with Crippen LogP contribution >= 0.6 is 0 Å². The Morgan fingerprint density at radius 1 is 1.17 bits per heavy atom. The summed E-state index contributed by atoms with van der Waals surface area (Å²) >= 11 is 0. The summed E-state index contributed by atoms with van der Waals surface area (Å²) in [5, 5.41) is 11.7. The lowest BCUT2D eigenvalue weighted by Gasteiger charge is -2.20. The molecular weight excluding hydrogens is 333 g/mol. The van der Waals surface area contributed by atoms with Gasteiger partial charge in [0.25, 0.3) is 5.91 Å².